The molecule has 4 aliphatic carbocycles. The number of aliphatic hydroxyl groups excluding tert-OH is 1. The first kappa shape index (κ1) is 24.3. The predicted molar refractivity (Wildman–Crippen MR) is 131 cm³/mol. The summed E-state index contributed by atoms with van der Waals surface area (Å²) in [5, 5.41) is 14.2. The van der Waals surface area contributed by atoms with Gasteiger partial charge in [0.05, 0.1) is 12.1 Å². The van der Waals surface area contributed by atoms with Crippen LogP contribution in [0.1, 0.15) is 86.0 Å². The van der Waals surface area contributed by atoms with E-state index in [9.17, 15) is 9.90 Å². The summed E-state index contributed by atoms with van der Waals surface area (Å²) in [6, 6.07) is 0.550. The minimum atomic E-state index is -0.428. The highest BCUT2D eigenvalue weighted by molar-refractivity contribution is 5.88. The van der Waals surface area contributed by atoms with Gasteiger partial charge in [0, 0.05) is 12.1 Å². The molecule has 4 saturated carbocycles. The molecule has 4 heteroatoms. The summed E-state index contributed by atoms with van der Waals surface area (Å²) >= 11 is 0. The highest BCUT2D eigenvalue weighted by Crippen LogP contribution is 2.67. The fourth-order valence-corrected chi connectivity index (χ4v) is 9.13. The minimum Gasteiger partial charge on any atom is -0.391 e. The van der Waals surface area contributed by atoms with Crippen LogP contribution in [0.5, 0.6) is 0 Å². The van der Waals surface area contributed by atoms with Crippen molar-refractivity contribution in [1.82, 2.24) is 10.2 Å². The highest BCUT2D eigenvalue weighted by Gasteiger charge is 2.61. The molecule has 0 bridgehead atoms. The van der Waals surface area contributed by atoms with Gasteiger partial charge in [0.25, 0.3) is 0 Å². The van der Waals surface area contributed by atoms with Gasteiger partial charge in [0.2, 0.25) is 5.91 Å². The number of allylic oxidation sites excluding steroid dienone is 1. The first-order valence-corrected chi connectivity index (χ1v) is 13.3. The lowest BCUT2D eigenvalue weighted by atomic mass is 9.44. The maximum Gasteiger partial charge on any atom is 0.244 e. The maximum absolute atomic E-state index is 12.3. The molecule has 32 heavy (non-hydrogen) atoms. The topological polar surface area (TPSA) is 52.6 Å². The summed E-state index contributed by atoms with van der Waals surface area (Å²) in [7, 11) is 4.49. The number of hydrogen-bond acceptors (Lipinski definition) is 3. The maximum atomic E-state index is 12.3. The van der Waals surface area contributed by atoms with E-state index in [0.717, 1.165) is 42.1 Å². The van der Waals surface area contributed by atoms with Gasteiger partial charge in [-0.25, -0.2) is 0 Å². The van der Waals surface area contributed by atoms with Gasteiger partial charge in [0.1, 0.15) is 0 Å². The normalized spacial score (nSPS) is 46.6. The summed E-state index contributed by atoms with van der Waals surface area (Å²) < 4.78 is 0. The highest BCUT2D eigenvalue weighted by atomic mass is 16.3. The van der Waals surface area contributed by atoms with E-state index in [1.165, 1.54) is 38.5 Å². The Hall–Kier alpha value is -0.870. The van der Waals surface area contributed by atoms with Crippen LogP contribution in [0, 0.1) is 40.4 Å². The van der Waals surface area contributed by atoms with E-state index in [4.69, 9.17) is 0 Å². The quantitative estimate of drug-likeness (QED) is 0.599. The zero-order valence-electron chi connectivity index (χ0n) is 21.7. The number of nitrogens with zero attached hydrogens (tertiary/aromatic N) is 1. The fraction of sp³-hybridized carbons (Fsp3) is 0.893. The lowest BCUT2D eigenvalue weighted by Gasteiger charge is -2.62. The van der Waals surface area contributed by atoms with Gasteiger partial charge in [-0.2, -0.15) is 0 Å². The van der Waals surface area contributed by atoms with Crippen LogP contribution in [0.15, 0.2) is 11.6 Å². The van der Waals surface area contributed by atoms with Crippen LogP contribution in [-0.2, 0) is 4.79 Å². The smallest absolute Gasteiger partial charge is 0.244 e. The number of rotatable bonds is 4. The Balaban J connectivity index is 1.50. The zero-order valence-corrected chi connectivity index (χ0v) is 21.7. The van der Waals surface area contributed by atoms with Gasteiger partial charge in [-0.05, 0) is 127 Å². The van der Waals surface area contributed by atoms with E-state index >= 15 is 0 Å². The van der Waals surface area contributed by atoms with Crippen molar-refractivity contribution in [3.63, 3.8) is 0 Å². The molecule has 0 heterocycles. The number of fused-ring (bicyclic) bond motifs is 5. The molecule has 182 valence electrons. The van der Waals surface area contributed by atoms with Crippen molar-refractivity contribution in [2.75, 3.05) is 14.1 Å². The molecular formula is C28H48N2O2. The minimum absolute atomic E-state index is 0.0493. The summed E-state index contributed by atoms with van der Waals surface area (Å²) in [5.41, 5.74) is 1.69. The number of amides is 1. The predicted octanol–water partition coefficient (Wildman–Crippen LogP) is 5.02. The third kappa shape index (κ3) is 3.98. The largest absolute Gasteiger partial charge is 0.391 e. The molecule has 2 N–H and O–H groups in total. The number of hydrogen-bond donors (Lipinski definition) is 2. The van der Waals surface area contributed by atoms with Gasteiger partial charge >= 0.3 is 0 Å². The van der Waals surface area contributed by atoms with Crippen molar-refractivity contribution in [1.29, 1.82) is 0 Å². The Morgan fingerprint density at radius 1 is 1.06 bits per heavy atom. The van der Waals surface area contributed by atoms with Gasteiger partial charge in [-0.1, -0.05) is 19.4 Å². The van der Waals surface area contributed by atoms with Crippen molar-refractivity contribution in [3.8, 4) is 0 Å². The molecule has 10 atom stereocenters. The average molecular weight is 445 g/mol. The average Bonchev–Trinajstić information content (AvgIpc) is 3.04. The van der Waals surface area contributed by atoms with Gasteiger partial charge in [-0.3, -0.25) is 4.79 Å². The number of carbonyl (C=O) groups excluding carboxylic acids is 1. The Bertz CT molecular complexity index is 744. The van der Waals surface area contributed by atoms with E-state index in [0.29, 0.717) is 17.4 Å². The number of nitrogens with one attached hydrogen (secondary N) is 1. The lowest BCUT2D eigenvalue weighted by Crippen LogP contribution is -2.59. The zero-order chi connectivity index (χ0) is 23.4. The molecule has 0 spiro atoms. The fourth-order valence-electron chi connectivity index (χ4n) is 9.13. The third-order valence-electron chi connectivity index (χ3n) is 10.9. The van der Waals surface area contributed by atoms with Crippen molar-refractivity contribution < 1.29 is 9.90 Å². The molecular weight excluding hydrogens is 396 g/mol. The van der Waals surface area contributed by atoms with Crippen LogP contribution in [0.2, 0.25) is 0 Å². The second-order valence-electron chi connectivity index (χ2n) is 12.9. The Morgan fingerprint density at radius 2 is 1.75 bits per heavy atom. The van der Waals surface area contributed by atoms with E-state index in [-0.39, 0.29) is 17.4 Å². The van der Waals surface area contributed by atoms with Gasteiger partial charge in [0.15, 0.2) is 0 Å². The van der Waals surface area contributed by atoms with Crippen LogP contribution in [0.4, 0.5) is 0 Å². The van der Waals surface area contributed by atoms with E-state index in [1.807, 2.05) is 13.8 Å². The van der Waals surface area contributed by atoms with Crippen LogP contribution in [0.3, 0.4) is 0 Å². The monoisotopic (exact) mass is 444 g/mol. The molecule has 4 aliphatic rings. The summed E-state index contributed by atoms with van der Waals surface area (Å²) in [5.74, 6) is 3.77. The molecule has 4 rings (SSSR count). The molecule has 0 aromatic rings. The molecule has 4 nitrogen and oxygen atoms in total. The lowest BCUT2D eigenvalue weighted by molar-refractivity contribution is -0.143. The van der Waals surface area contributed by atoms with E-state index in [1.54, 1.807) is 6.08 Å². The SMILES string of the molecule is CC(C)=CC(=O)N[C@@H]1CC2CC[C@H]3[C@@H]4CC[C@H]([C@H](C)N(C)C)[C@@]4(C)CC[C@@H]3[C@@]2(C)C[C@H]1O. The van der Waals surface area contributed by atoms with Crippen LogP contribution in [-0.4, -0.2) is 48.2 Å². The molecule has 0 radical (unpaired) electrons. The first-order valence-electron chi connectivity index (χ1n) is 13.3. The molecule has 1 unspecified atom stereocenters. The van der Waals surface area contributed by atoms with Gasteiger partial charge < -0.3 is 15.3 Å². The van der Waals surface area contributed by atoms with Crippen LogP contribution >= 0.6 is 0 Å². The first-order chi connectivity index (χ1) is 15.0. The number of aliphatic hydroxyl groups is 1. The molecule has 0 aliphatic heterocycles. The van der Waals surface area contributed by atoms with E-state index in [2.05, 4.69) is 45.1 Å². The summed E-state index contributed by atoms with van der Waals surface area (Å²) in [6.07, 6.45) is 11.1. The molecule has 1 amide bonds. The molecule has 0 aromatic carbocycles. The standard InChI is InChI=1S/C28H48N2O2/c1-17(2)14-26(32)29-24-15-19-8-9-20-22-11-10-21(18(3)30(6)7)27(22,4)13-12-23(20)28(19,5)16-25(24)31/h14,18-25,31H,8-13,15-16H2,1-7H3,(H,29,32)/t18-,19?,20-,21+,22-,23-,24+,25+,27+,28-/m0/s1. The van der Waals surface area contributed by atoms with Crippen molar-refractivity contribution in [3.05, 3.63) is 11.6 Å². The Kier molecular flexibility index (Phi) is 6.62. The summed E-state index contributed by atoms with van der Waals surface area (Å²) in [4.78, 5) is 14.8. The molecule has 4 fully saturated rings. The van der Waals surface area contributed by atoms with Crippen LogP contribution < -0.4 is 5.32 Å². The third-order valence-corrected chi connectivity index (χ3v) is 10.9. The Labute approximate surface area is 196 Å². The van der Waals surface area contributed by atoms with Crippen molar-refractivity contribution >= 4 is 5.91 Å². The van der Waals surface area contributed by atoms with Crippen LogP contribution in [0.25, 0.3) is 0 Å². The second-order valence-corrected chi connectivity index (χ2v) is 12.9. The van der Waals surface area contributed by atoms with Gasteiger partial charge in [-0.15, -0.1) is 0 Å². The Morgan fingerprint density at radius 3 is 2.41 bits per heavy atom. The molecule has 0 saturated heterocycles. The summed E-state index contributed by atoms with van der Waals surface area (Å²) in [6.45, 7) is 11.4. The van der Waals surface area contributed by atoms with Crippen molar-refractivity contribution in [2.45, 2.75) is 104 Å². The van der Waals surface area contributed by atoms with Crippen molar-refractivity contribution in [2.24, 2.45) is 40.4 Å². The number of carbonyl (C=O) groups is 1. The van der Waals surface area contributed by atoms with E-state index < -0.39 is 6.10 Å². The second kappa shape index (κ2) is 8.73. The molecule has 0 aromatic heterocycles.